The van der Waals surface area contributed by atoms with Crippen LogP contribution in [0, 0.1) is 0 Å². The maximum Gasteiger partial charge on any atom is 0.283 e. The highest BCUT2D eigenvalue weighted by Gasteiger charge is 2.47. The first kappa shape index (κ1) is 19.9. The van der Waals surface area contributed by atoms with Crippen LogP contribution in [0.3, 0.4) is 0 Å². The van der Waals surface area contributed by atoms with Crippen molar-refractivity contribution < 1.29 is 9.47 Å². The topological polar surface area (TPSA) is 69.7 Å². The number of amidine groups is 1. The van der Waals surface area contributed by atoms with Crippen molar-refractivity contribution in [3.05, 3.63) is 95.3 Å². The van der Waals surface area contributed by atoms with E-state index in [0.29, 0.717) is 6.61 Å². The molecular weight excluding hydrogens is 430 g/mol. The second-order valence-corrected chi connectivity index (χ2v) is 9.05. The van der Waals surface area contributed by atoms with Crippen LogP contribution < -0.4 is 10.5 Å². The van der Waals surface area contributed by atoms with Crippen molar-refractivity contribution in [2.75, 3.05) is 6.61 Å². The Kier molecular flexibility index (Phi) is 4.45. The third kappa shape index (κ3) is 3.17. The van der Waals surface area contributed by atoms with E-state index < -0.39 is 5.54 Å². The summed E-state index contributed by atoms with van der Waals surface area (Å²) >= 11 is 5.70. The highest BCUT2D eigenvalue weighted by Crippen LogP contribution is 2.52. The summed E-state index contributed by atoms with van der Waals surface area (Å²) in [7, 11) is 0. The van der Waals surface area contributed by atoms with Gasteiger partial charge in [0.2, 0.25) is 0 Å². The molecule has 1 atom stereocenters. The lowest BCUT2D eigenvalue weighted by molar-refractivity contribution is 0.264. The second-order valence-electron chi connectivity index (χ2n) is 8.56. The normalized spacial score (nSPS) is 20.8. The molecule has 3 heterocycles. The number of hydrogen-bond acceptors (Lipinski definition) is 6. The zero-order valence-corrected chi connectivity index (χ0v) is 18.9. The molecule has 1 spiro atoms. The minimum absolute atomic E-state index is 0.178. The molecule has 0 saturated heterocycles. The van der Waals surface area contributed by atoms with Crippen molar-refractivity contribution in [1.82, 2.24) is 4.98 Å². The Morgan fingerprint density at radius 1 is 0.970 bits per heavy atom. The zero-order chi connectivity index (χ0) is 22.6. The number of allylic oxidation sites excluding steroid dienone is 4. The molecule has 0 unspecified atom stereocenters. The molecule has 162 valence electrons. The Labute approximate surface area is 197 Å². The molecule has 1 aliphatic carbocycles. The SMILES string of the molecule is CC1=CC=C(c2ccc3c(c2)[C@]2(COC(N)=N2)c2cc(-c4cccnc4)ccc2O3)C(=S)C1. The molecule has 6 rings (SSSR count). The van der Waals surface area contributed by atoms with Gasteiger partial charge < -0.3 is 15.2 Å². The predicted octanol–water partition coefficient (Wildman–Crippen LogP) is 5.55. The van der Waals surface area contributed by atoms with Crippen LogP contribution in [0.15, 0.2) is 83.6 Å². The molecule has 33 heavy (non-hydrogen) atoms. The highest BCUT2D eigenvalue weighted by atomic mass is 32.1. The van der Waals surface area contributed by atoms with Crippen LogP contribution in [0.2, 0.25) is 0 Å². The molecule has 0 radical (unpaired) electrons. The number of fused-ring (bicyclic) bond motifs is 4. The fourth-order valence-corrected chi connectivity index (χ4v) is 5.13. The Morgan fingerprint density at radius 3 is 2.39 bits per heavy atom. The number of pyridine rings is 1. The lowest BCUT2D eigenvalue weighted by atomic mass is 9.79. The number of nitrogens with zero attached hydrogens (tertiary/aromatic N) is 2. The van der Waals surface area contributed by atoms with Crippen molar-refractivity contribution in [1.29, 1.82) is 0 Å². The summed E-state index contributed by atoms with van der Waals surface area (Å²) < 4.78 is 12.1. The molecular formula is C27H21N3O2S. The summed E-state index contributed by atoms with van der Waals surface area (Å²) in [6.07, 6.45) is 8.63. The number of thiocarbonyl (C=S) groups is 1. The molecule has 0 bridgehead atoms. The van der Waals surface area contributed by atoms with Crippen molar-refractivity contribution in [3.63, 3.8) is 0 Å². The van der Waals surface area contributed by atoms with E-state index in [1.165, 1.54) is 5.57 Å². The van der Waals surface area contributed by atoms with Crippen LogP contribution in [-0.2, 0) is 10.3 Å². The average Bonchev–Trinajstić information content (AvgIpc) is 3.22. The van der Waals surface area contributed by atoms with Gasteiger partial charge in [0, 0.05) is 40.4 Å². The van der Waals surface area contributed by atoms with E-state index in [2.05, 4.69) is 42.3 Å². The molecule has 0 saturated carbocycles. The van der Waals surface area contributed by atoms with Gasteiger partial charge in [-0.05, 0) is 54.0 Å². The van der Waals surface area contributed by atoms with Gasteiger partial charge in [0.25, 0.3) is 6.02 Å². The number of hydrogen-bond donors (Lipinski definition) is 1. The number of ether oxygens (including phenoxy) is 2. The Bertz CT molecular complexity index is 1410. The third-order valence-corrected chi connectivity index (χ3v) is 6.74. The standard InChI is InChI=1S/C27H21N3O2S/c1-16-4-7-20(25(33)11-16)18-6-9-24-22(13-18)27(15-31-26(28)30-27)21-12-17(5-8-23(21)32-24)19-3-2-10-29-14-19/h2-10,12-14H,11,15H2,1H3,(H2,28,30)/t27-/m0/s1. The number of rotatable bonds is 2. The first-order valence-electron chi connectivity index (χ1n) is 10.8. The molecule has 2 aliphatic heterocycles. The van der Waals surface area contributed by atoms with Crippen LogP contribution in [0.1, 0.15) is 30.0 Å². The monoisotopic (exact) mass is 451 g/mol. The van der Waals surface area contributed by atoms with E-state index in [0.717, 1.165) is 56.2 Å². The molecule has 2 N–H and O–H groups in total. The van der Waals surface area contributed by atoms with E-state index >= 15 is 0 Å². The smallest absolute Gasteiger partial charge is 0.283 e. The third-order valence-electron chi connectivity index (χ3n) is 6.38. The number of aromatic nitrogens is 1. The first-order chi connectivity index (χ1) is 16.0. The van der Waals surface area contributed by atoms with Gasteiger partial charge >= 0.3 is 0 Å². The quantitative estimate of drug-likeness (QED) is 0.518. The largest absolute Gasteiger partial charge is 0.462 e. The fourth-order valence-electron chi connectivity index (χ4n) is 4.72. The number of nitrogens with two attached hydrogens (primary N) is 1. The zero-order valence-electron chi connectivity index (χ0n) is 18.0. The van der Waals surface area contributed by atoms with Crippen molar-refractivity contribution in [2.24, 2.45) is 10.7 Å². The van der Waals surface area contributed by atoms with E-state index in [-0.39, 0.29) is 6.02 Å². The van der Waals surface area contributed by atoms with Gasteiger partial charge in [-0.2, -0.15) is 0 Å². The van der Waals surface area contributed by atoms with Gasteiger partial charge in [-0.3, -0.25) is 4.98 Å². The van der Waals surface area contributed by atoms with Gasteiger partial charge in [-0.25, -0.2) is 4.99 Å². The molecule has 1 aromatic heterocycles. The van der Waals surface area contributed by atoms with Crippen molar-refractivity contribution in [3.8, 4) is 22.6 Å². The Balaban J connectivity index is 1.54. The van der Waals surface area contributed by atoms with E-state index in [1.807, 2.05) is 36.5 Å². The van der Waals surface area contributed by atoms with Gasteiger partial charge in [0.15, 0.2) is 5.54 Å². The number of benzene rings is 2. The molecule has 2 aromatic carbocycles. The lowest BCUT2D eigenvalue weighted by Crippen LogP contribution is -2.31. The van der Waals surface area contributed by atoms with Gasteiger partial charge in [-0.1, -0.05) is 48.1 Å². The molecule has 3 aliphatic rings. The van der Waals surface area contributed by atoms with Crippen LogP contribution in [0.4, 0.5) is 0 Å². The second kappa shape index (κ2) is 7.39. The van der Waals surface area contributed by atoms with Gasteiger partial charge in [0.05, 0.1) is 0 Å². The fraction of sp³-hybridized carbons (Fsp3) is 0.148. The Morgan fingerprint density at radius 2 is 1.73 bits per heavy atom. The van der Waals surface area contributed by atoms with Gasteiger partial charge in [0.1, 0.15) is 18.1 Å². The summed E-state index contributed by atoms with van der Waals surface area (Å²) in [5.74, 6) is 1.49. The maximum atomic E-state index is 6.33. The predicted molar refractivity (Wildman–Crippen MR) is 133 cm³/mol. The van der Waals surface area contributed by atoms with Crippen LogP contribution >= 0.6 is 12.2 Å². The average molecular weight is 452 g/mol. The first-order valence-corrected chi connectivity index (χ1v) is 11.2. The minimum Gasteiger partial charge on any atom is -0.462 e. The molecule has 5 nitrogen and oxygen atoms in total. The van der Waals surface area contributed by atoms with E-state index in [4.69, 9.17) is 32.4 Å². The molecule has 0 fully saturated rings. The number of aliphatic imine (C=N–C) groups is 1. The summed E-state index contributed by atoms with van der Waals surface area (Å²) in [6.45, 7) is 2.41. The highest BCUT2D eigenvalue weighted by molar-refractivity contribution is 7.81. The van der Waals surface area contributed by atoms with Crippen molar-refractivity contribution >= 4 is 28.7 Å². The summed E-state index contributed by atoms with van der Waals surface area (Å²) in [6, 6.07) is 16.4. The summed E-state index contributed by atoms with van der Waals surface area (Å²) in [5, 5.41) is 0. The molecule has 6 heteroatoms. The minimum atomic E-state index is -0.788. The van der Waals surface area contributed by atoms with Crippen LogP contribution in [0.5, 0.6) is 11.5 Å². The van der Waals surface area contributed by atoms with E-state index in [9.17, 15) is 0 Å². The molecule has 0 amide bonds. The van der Waals surface area contributed by atoms with Crippen molar-refractivity contribution in [2.45, 2.75) is 18.9 Å². The summed E-state index contributed by atoms with van der Waals surface area (Å²) in [4.78, 5) is 10.0. The Hall–Kier alpha value is -3.77. The molecule has 3 aromatic rings. The van der Waals surface area contributed by atoms with Crippen LogP contribution in [-0.4, -0.2) is 22.5 Å². The van der Waals surface area contributed by atoms with Crippen LogP contribution in [0.25, 0.3) is 16.7 Å². The maximum absolute atomic E-state index is 6.33. The lowest BCUT2D eigenvalue weighted by Gasteiger charge is -2.34. The van der Waals surface area contributed by atoms with E-state index in [1.54, 1.807) is 6.20 Å². The summed E-state index contributed by atoms with van der Waals surface area (Å²) in [5.41, 5.74) is 12.5. The van der Waals surface area contributed by atoms with Gasteiger partial charge in [-0.15, -0.1) is 0 Å².